The first-order chi connectivity index (χ1) is 7.20. The Hall–Kier alpha value is -0.990. The monoisotopic (exact) mass is 240 g/mol. The molecule has 0 saturated carbocycles. The van der Waals surface area contributed by atoms with Gasteiger partial charge in [-0.1, -0.05) is 29.3 Å². The lowest BCUT2D eigenvalue weighted by atomic mass is 10.1. The molecule has 15 heavy (non-hydrogen) atoms. The van der Waals surface area contributed by atoms with Gasteiger partial charge in [0.15, 0.2) is 0 Å². The van der Waals surface area contributed by atoms with Crippen molar-refractivity contribution in [3.05, 3.63) is 46.7 Å². The summed E-state index contributed by atoms with van der Waals surface area (Å²) in [5, 5.41) is 4.77. The van der Waals surface area contributed by atoms with Crippen molar-refractivity contribution in [2.75, 3.05) is 0 Å². The van der Waals surface area contributed by atoms with Crippen LogP contribution in [-0.2, 0) is 5.88 Å². The molecule has 4 heteroatoms. The Morgan fingerprint density at radius 1 is 1.40 bits per heavy atom. The molecule has 0 spiro atoms. The zero-order chi connectivity index (χ0) is 10.8. The van der Waals surface area contributed by atoms with Gasteiger partial charge in [-0.25, -0.2) is 4.68 Å². The van der Waals surface area contributed by atoms with E-state index in [2.05, 4.69) is 11.2 Å². The number of halogens is 2. The van der Waals surface area contributed by atoms with Gasteiger partial charge < -0.3 is 0 Å². The molecule has 0 bridgehead atoms. The SMILES string of the molecule is Cc1ccc(-n2cc(Cl)cn2)c(CCl)c1. The van der Waals surface area contributed by atoms with Crippen LogP contribution >= 0.6 is 23.2 Å². The predicted molar refractivity (Wildman–Crippen MR) is 62.9 cm³/mol. The summed E-state index contributed by atoms with van der Waals surface area (Å²) in [6.07, 6.45) is 3.38. The molecule has 0 aliphatic carbocycles. The molecule has 0 unspecified atom stereocenters. The molecule has 1 aromatic heterocycles. The van der Waals surface area contributed by atoms with Gasteiger partial charge in [-0.2, -0.15) is 5.10 Å². The average Bonchev–Trinajstić information content (AvgIpc) is 2.64. The maximum Gasteiger partial charge on any atom is 0.0790 e. The molecule has 0 radical (unpaired) electrons. The van der Waals surface area contributed by atoms with Crippen LogP contribution < -0.4 is 0 Å². The highest BCUT2D eigenvalue weighted by atomic mass is 35.5. The summed E-state index contributed by atoms with van der Waals surface area (Å²) < 4.78 is 1.74. The van der Waals surface area contributed by atoms with E-state index >= 15 is 0 Å². The van der Waals surface area contributed by atoms with Gasteiger partial charge in [0.1, 0.15) is 0 Å². The van der Waals surface area contributed by atoms with E-state index in [1.165, 1.54) is 5.56 Å². The number of rotatable bonds is 2. The van der Waals surface area contributed by atoms with Gasteiger partial charge in [0.2, 0.25) is 0 Å². The molecule has 2 aromatic rings. The van der Waals surface area contributed by atoms with Crippen molar-refractivity contribution in [1.82, 2.24) is 9.78 Å². The summed E-state index contributed by atoms with van der Waals surface area (Å²) in [4.78, 5) is 0. The zero-order valence-electron chi connectivity index (χ0n) is 8.24. The molecule has 2 rings (SSSR count). The van der Waals surface area contributed by atoms with E-state index in [1.807, 2.05) is 19.1 Å². The normalized spacial score (nSPS) is 10.6. The Kier molecular flexibility index (Phi) is 2.98. The van der Waals surface area contributed by atoms with Crippen molar-refractivity contribution in [3.63, 3.8) is 0 Å². The molecule has 0 atom stereocenters. The third-order valence-electron chi connectivity index (χ3n) is 2.18. The number of aryl methyl sites for hydroxylation is 1. The fraction of sp³-hybridized carbons (Fsp3) is 0.182. The van der Waals surface area contributed by atoms with Crippen LogP contribution in [0, 0.1) is 6.92 Å². The fourth-order valence-corrected chi connectivity index (χ4v) is 1.83. The van der Waals surface area contributed by atoms with Crippen LogP contribution in [0.5, 0.6) is 0 Å². The van der Waals surface area contributed by atoms with E-state index in [4.69, 9.17) is 23.2 Å². The number of hydrogen-bond donors (Lipinski definition) is 0. The Morgan fingerprint density at radius 3 is 2.80 bits per heavy atom. The van der Waals surface area contributed by atoms with E-state index in [1.54, 1.807) is 17.1 Å². The Labute approximate surface area is 98.4 Å². The van der Waals surface area contributed by atoms with Gasteiger partial charge in [-0.3, -0.25) is 0 Å². The number of nitrogens with zero attached hydrogens (tertiary/aromatic N) is 2. The van der Waals surface area contributed by atoms with Gasteiger partial charge in [0.05, 0.1) is 16.9 Å². The molecular weight excluding hydrogens is 231 g/mol. The number of aromatic nitrogens is 2. The van der Waals surface area contributed by atoms with Crippen LogP contribution in [0.2, 0.25) is 5.02 Å². The van der Waals surface area contributed by atoms with Crippen LogP contribution in [-0.4, -0.2) is 9.78 Å². The summed E-state index contributed by atoms with van der Waals surface area (Å²) in [5.74, 6) is 0.467. The Morgan fingerprint density at radius 2 is 2.20 bits per heavy atom. The van der Waals surface area contributed by atoms with E-state index in [9.17, 15) is 0 Å². The lowest BCUT2D eigenvalue weighted by Gasteiger charge is -2.07. The first-order valence-corrected chi connectivity index (χ1v) is 5.48. The number of alkyl halides is 1. The van der Waals surface area contributed by atoms with Crippen molar-refractivity contribution >= 4 is 23.2 Å². The summed E-state index contributed by atoms with van der Waals surface area (Å²) in [6, 6.07) is 6.08. The summed E-state index contributed by atoms with van der Waals surface area (Å²) in [7, 11) is 0. The highest BCUT2D eigenvalue weighted by Gasteiger charge is 2.05. The van der Waals surface area contributed by atoms with Gasteiger partial charge in [0, 0.05) is 12.1 Å². The largest absolute Gasteiger partial charge is 0.239 e. The molecule has 0 N–H and O–H groups in total. The molecule has 1 aromatic carbocycles. The Bertz CT molecular complexity index is 477. The second-order valence-corrected chi connectivity index (χ2v) is 4.07. The Balaban J connectivity index is 2.52. The smallest absolute Gasteiger partial charge is 0.0790 e. The van der Waals surface area contributed by atoms with Crippen molar-refractivity contribution in [1.29, 1.82) is 0 Å². The molecule has 0 saturated heterocycles. The molecule has 78 valence electrons. The second-order valence-electron chi connectivity index (χ2n) is 3.37. The summed E-state index contributed by atoms with van der Waals surface area (Å²) in [5.41, 5.74) is 3.21. The zero-order valence-corrected chi connectivity index (χ0v) is 9.76. The molecule has 0 aliphatic heterocycles. The van der Waals surface area contributed by atoms with Crippen molar-refractivity contribution in [2.45, 2.75) is 12.8 Å². The first kappa shape index (κ1) is 10.5. The van der Waals surface area contributed by atoms with Gasteiger partial charge in [0.25, 0.3) is 0 Å². The van der Waals surface area contributed by atoms with Crippen LogP contribution in [0.3, 0.4) is 0 Å². The maximum absolute atomic E-state index is 5.89. The van der Waals surface area contributed by atoms with Crippen molar-refractivity contribution in [3.8, 4) is 5.69 Å². The summed E-state index contributed by atoms with van der Waals surface area (Å²) in [6.45, 7) is 2.04. The van der Waals surface area contributed by atoms with Crippen molar-refractivity contribution < 1.29 is 0 Å². The van der Waals surface area contributed by atoms with E-state index in [-0.39, 0.29) is 0 Å². The molecule has 2 nitrogen and oxygen atoms in total. The molecule has 0 aliphatic rings. The lowest BCUT2D eigenvalue weighted by molar-refractivity contribution is 0.870. The van der Waals surface area contributed by atoms with Gasteiger partial charge in [-0.05, 0) is 18.6 Å². The van der Waals surface area contributed by atoms with E-state index < -0.39 is 0 Å². The number of hydrogen-bond acceptors (Lipinski definition) is 1. The van der Waals surface area contributed by atoms with Crippen molar-refractivity contribution in [2.24, 2.45) is 0 Å². The van der Waals surface area contributed by atoms with Gasteiger partial charge in [-0.15, -0.1) is 11.6 Å². The predicted octanol–water partition coefficient (Wildman–Crippen LogP) is 3.57. The lowest BCUT2D eigenvalue weighted by Crippen LogP contribution is -1.99. The van der Waals surface area contributed by atoms with E-state index in [0.717, 1.165) is 11.3 Å². The van der Waals surface area contributed by atoms with Crippen LogP contribution in [0.25, 0.3) is 5.69 Å². The minimum atomic E-state index is 0.467. The quantitative estimate of drug-likeness (QED) is 0.735. The number of benzene rings is 1. The summed E-state index contributed by atoms with van der Waals surface area (Å²) >= 11 is 11.7. The third kappa shape index (κ3) is 2.16. The molecule has 0 amide bonds. The third-order valence-corrected chi connectivity index (χ3v) is 2.66. The van der Waals surface area contributed by atoms with E-state index in [0.29, 0.717) is 10.9 Å². The van der Waals surface area contributed by atoms with Crippen LogP contribution in [0.4, 0.5) is 0 Å². The van der Waals surface area contributed by atoms with Crippen LogP contribution in [0.15, 0.2) is 30.6 Å². The highest BCUT2D eigenvalue weighted by Crippen LogP contribution is 2.19. The molecule has 1 heterocycles. The minimum Gasteiger partial charge on any atom is -0.239 e. The first-order valence-electron chi connectivity index (χ1n) is 4.57. The van der Waals surface area contributed by atoms with Crippen LogP contribution in [0.1, 0.15) is 11.1 Å². The molecular formula is C11H10Cl2N2. The minimum absolute atomic E-state index is 0.467. The highest BCUT2D eigenvalue weighted by molar-refractivity contribution is 6.30. The van der Waals surface area contributed by atoms with Gasteiger partial charge >= 0.3 is 0 Å². The topological polar surface area (TPSA) is 17.8 Å². The second kappa shape index (κ2) is 4.25. The standard InChI is InChI=1S/C11H10Cl2N2/c1-8-2-3-11(9(4-8)5-12)15-7-10(13)6-14-15/h2-4,6-7H,5H2,1H3. The fourth-order valence-electron chi connectivity index (χ4n) is 1.48. The maximum atomic E-state index is 5.89. The molecule has 0 fully saturated rings. The average molecular weight is 241 g/mol.